The van der Waals surface area contributed by atoms with E-state index in [0.717, 1.165) is 30.8 Å². The van der Waals surface area contributed by atoms with E-state index in [1.54, 1.807) is 0 Å². The van der Waals surface area contributed by atoms with Crippen molar-refractivity contribution in [2.75, 3.05) is 11.1 Å². The quantitative estimate of drug-likeness (QED) is 0.859. The zero-order chi connectivity index (χ0) is 15.7. The van der Waals surface area contributed by atoms with E-state index >= 15 is 0 Å². The molecule has 8 heteroatoms. The number of anilines is 1. The van der Waals surface area contributed by atoms with Crippen molar-refractivity contribution in [3.63, 3.8) is 0 Å². The molecule has 116 valence electrons. The average molecular weight is 324 g/mol. The van der Waals surface area contributed by atoms with E-state index in [1.807, 2.05) is 11.5 Å². The molecule has 22 heavy (non-hydrogen) atoms. The van der Waals surface area contributed by atoms with Gasteiger partial charge in [0.1, 0.15) is 17.5 Å². The predicted molar refractivity (Wildman–Crippen MR) is 78.7 cm³/mol. The fourth-order valence-electron chi connectivity index (χ4n) is 2.11. The van der Waals surface area contributed by atoms with Crippen LogP contribution in [-0.4, -0.2) is 26.4 Å². The lowest BCUT2D eigenvalue weighted by atomic mass is 10.3. The molecule has 1 fully saturated rings. The minimum atomic E-state index is -0.796. The zero-order valence-corrected chi connectivity index (χ0v) is 12.7. The second-order valence-electron chi connectivity index (χ2n) is 5.09. The van der Waals surface area contributed by atoms with Gasteiger partial charge in [0.15, 0.2) is 5.16 Å². The molecule has 3 rings (SSSR count). The number of hydrogen-bond donors (Lipinski definition) is 1. The summed E-state index contributed by atoms with van der Waals surface area (Å²) in [7, 11) is 0. The molecule has 1 amide bonds. The van der Waals surface area contributed by atoms with Crippen LogP contribution < -0.4 is 5.32 Å². The third-order valence-corrected chi connectivity index (χ3v) is 4.23. The molecule has 0 aliphatic heterocycles. The Morgan fingerprint density at radius 3 is 2.86 bits per heavy atom. The zero-order valence-electron chi connectivity index (χ0n) is 11.8. The molecule has 2 aromatic rings. The van der Waals surface area contributed by atoms with Gasteiger partial charge in [-0.05, 0) is 31.9 Å². The molecule has 1 heterocycles. The third-order valence-electron chi connectivity index (χ3n) is 3.28. The number of carbonyl (C=O) groups is 1. The largest absolute Gasteiger partial charge is 0.323 e. The summed E-state index contributed by atoms with van der Waals surface area (Å²) in [5, 5.41) is 11.2. The summed E-state index contributed by atoms with van der Waals surface area (Å²) in [5.41, 5.74) is -0.0353. The van der Waals surface area contributed by atoms with Crippen molar-refractivity contribution >= 4 is 23.4 Å². The maximum atomic E-state index is 13.5. The third kappa shape index (κ3) is 3.27. The number of halogens is 2. The minimum Gasteiger partial charge on any atom is -0.323 e. The number of nitrogens with one attached hydrogen (secondary N) is 1. The normalized spacial score (nSPS) is 14.1. The molecule has 0 saturated heterocycles. The van der Waals surface area contributed by atoms with Crippen molar-refractivity contribution in [3.05, 3.63) is 35.7 Å². The second-order valence-corrected chi connectivity index (χ2v) is 6.03. The number of amides is 1. The van der Waals surface area contributed by atoms with E-state index in [4.69, 9.17) is 0 Å². The lowest BCUT2D eigenvalue weighted by Gasteiger charge is -2.07. The van der Waals surface area contributed by atoms with Crippen LogP contribution in [0.5, 0.6) is 0 Å². The molecule has 0 spiro atoms. The summed E-state index contributed by atoms with van der Waals surface area (Å²) in [6.45, 7) is 1.88. The SMILES string of the molecule is Cc1nnc(SCC(=O)Nc2ccc(F)cc2F)n1C1CC1. The molecule has 5 nitrogen and oxygen atoms in total. The molecule has 1 aliphatic carbocycles. The first-order valence-electron chi connectivity index (χ1n) is 6.84. The molecule has 1 aromatic carbocycles. The summed E-state index contributed by atoms with van der Waals surface area (Å²) in [6, 6.07) is 3.45. The highest BCUT2D eigenvalue weighted by Gasteiger charge is 2.28. The van der Waals surface area contributed by atoms with Gasteiger partial charge < -0.3 is 9.88 Å². The Morgan fingerprint density at radius 2 is 2.18 bits per heavy atom. The van der Waals surface area contributed by atoms with Crippen LogP contribution in [0.25, 0.3) is 0 Å². The van der Waals surface area contributed by atoms with Crippen LogP contribution in [-0.2, 0) is 4.79 Å². The van der Waals surface area contributed by atoms with Crippen molar-refractivity contribution in [1.29, 1.82) is 0 Å². The number of benzene rings is 1. The van der Waals surface area contributed by atoms with Crippen molar-refractivity contribution in [2.45, 2.75) is 31.0 Å². The lowest BCUT2D eigenvalue weighted by Crippen LogP contribution is -2.15. The molecule has 1 aliphatic rings. The molecule has 0 atom stereocenters. The Bertz CT molecular complexity index is 715. The van der Waals surface area contributed by atoms with Gasteiger partial charge in [0.2, 0.25) is 5.91 Å². The average Bonchev–Trinajstić information content (AvgIpc) is 3.23. The number of aryl methyl sites for hydroxylation is 1. The van der Waals surface area contributed by atoms with Crippen molar-refractivity contribution in [2.24, 2.45) is 0 Å². The van der Waals surface area contributed by atoms with Gasteiger partial charge in [-0.2, -0.15) is 0 Å². The number of rotatable bonds is 5. The topological polar surface area (TPSA) is 59.8 Å². The number of nitrogens with zero attached hydrogens (tertiary/aromatic N) is 3. The highest BCUT2D eigenvalue weighted by molar-refractivity contribution is 7.99. The predicted octanol–water partition coefficient (Wildman–Crippen LogP) is 2.93. The van der Waals surface area contributed by atoms with Gasteiger partial charge in [0.25, 0.3) is 0 Å². The molecule has 1 aromatic heterocycles. The highest BCUT2D eigenvalue weighted by atomic mass is 32.2. The summed E-state index contributed by atoms with van der Waals surface area (Å²) >= 11 is 1.25. The van der Waals surface area contributed by atoms with Crippen LogP contribution in [0, 0.1) is 18.6 Å². The fourth-order valence-corrected chi connectivity index (χ4v) is 2.96. The van der Waals surface area contributed by atoms with Crippen LogP contribution in [0.4, 0.5) is 14.5 Å². The molecule has 0 unspecified atom stereocenters. The summed E-state index contributed by atoms with van der Waals surface area (Å²) in [6.07, 6.45) is 2.19. The second kappa shape index (κ2) is 6.04. The maximum Gasteiger partial charge on any atom is 0.234 e. The van der Waals surface area contributed by atoms with Gasteiger partial charge in [-0.25, -0.2) is 8.78 Å². The Labute approximate surface area is 130 Å². The maximum absolute atomic E-state index is 13.5. The summed E-state index contributed by atoms with van der Waals surface area (Å²) < 4.78 is 28.3. The van der Waals surface area contributed by atoms with E-state index < -0.39 is 11.6 Å². The van der Waals surface area contributed by atoms with Gasteiger partial charge in [-0.15, -0.1) is 10.2 Å². The van der Waals surface area contributed by atoms with Gasteiger partial charge in [-0.3, -0.25) is 4.79 Å². The Balaban J connectivity index is 1.61. The van der Waals surface area contributed by atoms with Gasteiger partial charge in [0.05, 0.1) is 11.4 Å². The van der Waals surface area contributed by atoms with E-state index in [2.05, 4.69) is 15.5 Å². The first kappa shape index (κ1) is 15.0. The first-order valence-corrected chi connectivity index (χ1v) is 7.82. The first-order chi connectivity index (χ1) is 10.5. The van der Waals surface area contributed by atoms with E-state index in [9.17, 15) is 13.6 Å². The Kier molecular flexibility index (Phi) is 4.10. The smallest absolute Gasteiger partial charge is 0.234 e. The van der Waals surface area contributed by atoms with Crippen molar-refractivity contribution in [1.82, 2.24) is 14.8 Å². The fraction of sp³-hybridized carbons (Fsp3) is 0.357. The van der Waals surface area contributed by atoms with Gasteiger partial charge >= 0.3 is 0 Å². The van der Waals surface area contributed by atoms with Crippen molar-refractivity contribution < 1.29 is 13.6 Å². The summed E-state index contributed by atoms with van der Waals surface area (Å²) in [4.78, 5) is 11.9. The molecular weight excluding hydrogens is 310 g/mol. The minimum absolute atomic E-state index is 0.0353. The molecule has 0 radical (unpaired) electrons. The van der Waals surface area contributed by atoms with E-state index in [1.165, 1.54) is 17.8 Å². The number of hydrogen-bond acceptors (Lipinski definition) is 4. The van der Waals surface area contributed by atoms with Crippen LogP contribution in [0.1, 0.15) is 24.7 Å². The lowest BCUT2D eigenvalue weighted by molar-refractivity contribution is -0.113. The van der Waals surface area contributed by atoms with Crippen molar-refractivity contribution in [3.8, 4) is 0 Å². The van der Waals surface area contributed by atoms with Gasteiger partial charge in [-0.1, -0.05) is 11.8 Å². The monoisotopic (exact) mass is 324 g/mol. The Morgan fingerprint density at radius 1 is 1.41 bits per heavy atom. The van der Waals surface area contributed by atoms with Crippen LogP contribution in [0.3, 0.4) is 0 Å². The number of aromatic nitrogens is 3. The molecular formula is C14H14F2N4OS. The Hall–Kier alpha value is -1.96. The standard InChI is InChI=1S/C14H14F2N4OS/c1-8-18-19-14(20(8)10-3-4-10)22-7-13(21)17-12-5-2-9(15)6-11(12)16/h2,5-6,10H,3-4,7H2,1H3,(H,17,21). The number of thioether (sulfide) groups is 1. The van der Waals surface area contributed by atoms with Crippen LogP contribution >= 0.6 is 11.8 Å². The summed E-state index contributed by atoms with van der Waals surface area (Å²) in [5.74, 6) is -0.941. The number of carbonyl (C=O) groups excluding carboxylic acids is 1. The van der Waals surface area contributed by atoms with Crippen LogP contribution in [0.2, 0.25) is 0 Å². The molecule has 1 saturated carbocycles. The molecule has 1 N–H and O–H groups in total. The molecule has 0 bridgehead atoms. The van der Waals surface area contributed by atoms with E-state index in [-0.39, 0.29) is 17.3 Å². The highest BCUT2D eigenvalue weighted by Crippen LogP contribution is 2.38. The van der Waals surface area contributed by atoms with E-state index in [0.29, 0.717) is 11.2 Å². The van der Waals surface area contributed by atoms with Gasteiger partial charge in [0, 0.05) is 12.1 Å². The van der Waals surface area contributed by atoms with Crippen LogP contribution in [0.15, 0.2) is 23.4 Å².